The predicted molar refractivity (Wildman–Crippen MR) is 50.6 cm³/mol. The quantitative estimate of drug-likeness (QED) is 0.398. The van der Waals surface area contributed by atoms with Gasteiger partial charge in [-0.3, -0.25) is 0 Å². The lowest BCUT2D eigenvalue weighted by Crippen LogP contribution is -2.20. The van der Waals surface area contributed by atoms with E-state index < -0.39 is 5.97 Å². The van der Waals surface area contributed by atoms with Crippen molar-refractivity contribution in [3.63, 3.8) is 0 Å². The van der Waals surface area contributed by atoms with Gasteiger partial charge in [0.05, 0.1) is 6.10 Å². The van der Waals surface area contributed by atoms with Crippen LogP contribution in [-0.4, -0.2) is 35.4 Å². The van der Waals surface area contributed by atoms with E-state index in [1.54, 1.807) is 6.08 Å². The molecule has 0 aliphatic rings. The minimum atomic E-state index is -0.935. The molecular weight excluding hydrogens is 170 g/mol. The Bertz CT molecular complexity index is 168. The summed E-state index contributed by atoms with van der Waals surface area (Å²) in [5.74, 6) is -0.935. The van der Waals surface area contributed by atoms with E-state index in [0.29, 0.717) is 19.5 Å². The van der Waals surface area contributed by atoms with Gasteiger partial charge in [-0.15, -0.1) is 0 Å². The fraction of sp³-hybridized carbons (Fsp3) is 0.667. The molecule has 0 rings (SSSR count). The molecule has 0 aromatic carbocycles. The molecule has 0 amide bonds. The van der Waals surface area contributed by atoms with Crippen molar-refractivity contribution in [3.8, 4) is 0 Å². The number of rotatable bonds is 7. The summed E-state index contributed by atoms with van der Waals surface area (Å²) in [5, 5.41) is 20.4. The highest BCUT2D eigenvalue weighted by atomic mass is 16.4. The first kappa shape index (κ1) is 12.1. The van der Waals surface area contributed by atoms with Crippen molar-refractivity contribution in [2.24, 2.45) is 0 Å². The lowest BCUT2D eigenvalue weighted by Gasteiger charge is -2.06. The zero-order valence-corrected chi connectivity index (χ0v) is 7.86. The van der Waals surface area contributed by atoms with Crippen LogP contribution in [0.2, 0.25) is 0 Å². The predicted octanol–water partition coefficient (Wildman–Crippen LogP) is 0.378. The van der Waals surface area contributed by atoms with Gasteiger partial charge in [-0.05, 0) is 19.4 Å². The standard InChI is InChI=1S/C9H17NO3/c1-2-8(11)5-7-10-6-3-4-9(12)13/h3-4,8,10-11H,2,5-7H2,1H3,(H,12,13)/b4-3+. The maximum absolute atomic E-state index is 10.0. The van der Waals surface area contributed by atoms with Crippen LogP contribution in [0.4, 0.5) is 0 Å². The zero-order valence-electron chi connectivity index (χ0n) is 7.86. The number of aliphatic hydroxyl groups excluding tert-OH is 1. The normalized spacial score (nSPS) is 13.4. The second-order valence-corrected chi connectivity index (χ2v) is 2.80. The van der Waals surface area contributed by atoms with Crippen molar-refractivity contribution < 1.29 is 15.0 Å². The average molecular weight is 187 g/mol. The molecule has 0 bridgehead atoms. The fourth-order valence-corrected chi connectivity index (χ4v) is 0.818. The third kappa shape index (κ3) is 9.04. The van der Waals surface area contributed by atoms with Crippen molar-refractivity contribution in [2.45, 2.75) is 25.9 Å². The van der Waals surface area contributed by atoms with Crippen molar-refractivity contribution in [3.05, 3.63) is 12.2 Å². The molecule has 0 saturated carbocycles. The molecule has 1 unspecified atom stereocenters. The first-order valence-corrected chi connectivity index (χ1v) is 4.45. The number of aliphatic hydroxyl groups is 1. The Morgan fingerprint density at radius 1 is 1.62 bits per heavy atom. The van der Waals surface area contributed by atoms with Gasteiger partial charge in [0.25, 0.3) is 0 Å². The Hall–Kier alpha value is -0.870. The number of hydrogen-bond donors (Lipinski definition) is 3. The van der Waals surface area contributed by atoms with Crippen LogP contribution >= 0.6 is 0 Å². The van der Waals surface area contributed by atoms with E-state index in [1.807, 2.05) is 6.92 Å². The van der Waals surface area contributed by atoms with Gasteiger partial charge in [0.2, 0.25) is 0 Å². The minimum Gasteiger partial charge on any atom is -0.478 e. The topological polar surface area (TPSA) is 69.6 Å². The Morgan fingerprint density at radius 3 is 2.85 bits per heavy atom. The third-order valence-corrected chi connectivity index (χ3v) is 1.65. The highest BCUT2D eigenvalue weighted by Gasteiger charge is 1.97. The van der Waals surface area contributed by atoms with E-state index in [9.17, 15) is 4.79 Å². The second-order valence-electron chi connectivity index (χ2n) is 2.80. The summed E-state index contributed by atoms with van der Waals surface area (Å²) in [5.41, 5.74) is 0. The molecule has 0 saturated heterocycles. The first-order chi connectivity index (χ1) is 6.16. The number of nitrogens with one attached hydrogen (secondary N) is 1. The van der Waals surface area contributed by atoms with Crippen LogP contribution in [0.1, 0.15) is 19.8 Å². The molecule has 0 heterocycles. The lowest BCUT2D eigenvalue weighted by molar-refractivity contribution is -0.131. The van der Waals surface area contributed by atoms with Crippen LogP contribution in [0.25, 0.3) is 0 Å². The van der Waals surface area contributed by atoms with Crippen LogP contribution in [0.15, 0.2) is 12.2 Å². The maximum atomic E-state index is 10.0. The van der Waals surface area contributed by atoms with E-state index in [2.05, 4.69) is 5.32 Å². The molecule has 0 aliphatic carbocycles. The highest BCUT2D eigenvalue weighted by Crippen LogP contribution is 1.93. The third-order valence-electron chi connectivity index (χ3n) is 1.65. The molecule has 76 valence electrons. The molecular formula is C9H17NO3. The molecule has 0 fully saturated rings. The van der Waals surface area contributed by atoms with Crippen molar-refractivity contribution in [2.75, 3.05) is 13.1 Å². The molecule has 0 radical (unpaired) electrons. The Morgan fingerprint density at radius 2 is 2.31 bits per heavy atom. The number of aliphatic carboxylic acids is 1. The van der Waals surface area contributed by atoms with Gasteiger partial charge in [0, 0.05) is 12.6 Å². The van der Waals surface area contributed by atoms with Crippen LogP contribution in [-0.2, 0) is 4.79 Å². The van der Waals surface area contributed by atoms with E-state index in [4.69, 9.17) is 10.2 Å². The van der Waals surface area contributed by atoms with Gasteiger partial charge >= 0.3 is 5.97 Å². The summed E-state index contributed by atoms with van der Waals surface area (Å²) >= 11 is 0. The number of carboxylic acid groups (broad SMARTS) is 1. The molecule has 0 aromatic rings. The summed E-state index contributed by atoms with van der Waals surface area (Å²) in [7, 11) is 0. The van der Waals surface area contributed by atoms with Gasteiger partial charge < -0.3 is 15.5 Å². The van der Waals surface area contributed by atoms with E-state index in [1.165, 1.54) is 0 Å². The van der Waals surface area contributed by atoms with E-state index >= 15 is 0 Å². The minimum absolute atomic E-state index is 0.254. The molecule has 4 heteroatoms. The molecule has 0 aromatic heterocycles. The van der Waals surface area contributed by atoms with Crippen LogP contribution in [0.3, 0.4) is 0 Å². The van der Waals surface area contributed by atoms with E-state index in [-0.39, 0.29) is 6.10 Å². The maximum Gasteiger partial charge on any atom is 0.328 e. The van der Waals surface area contributed by atoms with Crippen LogP contribution in [0.5, 0.6) is 0 Å². The summed E-state index contributed by atoms with van der Waals surface area (Å²) < 4.78 is 0. The average Bonchev–Trinajstić information content (AvgIpc) is 2.10. The summed E-state index contributed by atoms with van der Waals surface area (Å²) in [4.78, 5) is 10.0. The van der Waals surface area contributed by atoms with Gasteiger partial charge in [0.1, 0.15) is 0 Å². The molecule has 0 aliphatic heterocycles. The largest absolute Gasteiger partial charge is 0.478 e. The van der Waals surface area contributed by atoms with Crippen LogP contribution < -0.4 is 5.32 Å². The number of carbonyl (C=O) groups is 1. The smallest absolute Gasteiger partial charge is 0.328 e. The number of carboxylic acids is 1. The SMILES string of the molecule is CCC(O)CCNC/C=C/C(=O)O. The van der Waals surface area contributed by atoms with Crippen molar-refractivity contribution >= 4 is 5.97 Å². The van der Waals surface area contributed by atoms with Crippen molar-refractivity contribution in [1.82, 2.24) is 5.32 Å². The monoisotopic (exact) mass is 187 g/mol. The Balaban J connectivity index is 3.21. The molecule has 3 N–H and O–H groups in total. The molecule has 0 spiro atoms. The summed E-state index contributed by atoms with van der Waals surface area (Å²) in [6, 6.07) is 0. The van der Waals surface area contributed by atoms with Crippen molar-refractivity contribution in [1.29, 1.82) is 0 Å². The summed E-state index contributed by atoms with van der Waals surface area (Å²) in [6.45, 7) is 3.16. The zero-order chi connectivity index (χ0) is 10.1. The summed E-state index contributed by atoms with van der Waals surface area (Å²) in [6.07, 6.45) is 3.85. The van der Waals surface area contributed by atoms with Gasteiger partial charge in [-0.2, -0.15) is 0 Å². The Kier molecular flexibility index (Phi) is 7.24. The lowest BCUT2D eigenvalue weighted by atomic mass is 10.2. The number of hydrogen-bond acceptors (Lipinski definition) is 3. The van der Waals surface area contributed by atoms with Gasteiger partial charge in [-0.25, -0.2) is 4.79 Å². The highest BCUT2D eigenvalue weighted by molar-refractivity contribution is 5.79. The van der Waals surface area contributed by atoms with E-state index in [0.717, 1.165) is 12.5 Å². The fourth-order valence-electron chi connectivity index (χ4n) is 0.818. The van der Waals surface area contributed by atoms with Gasteiger partial charge in [0.15, 0.2) is 0 Å². The second kappa shape index (κ2) is 7.76. The first-order valence-electron chi connectivity index (χ1n) is 4.45. The molecule has 4 nitrogen and oxygen atoms in total. The van der Waals surface area contributed by atoms with Gasteiger partial charge in [-0.1, -0.05) is 13.0 Å². The molecule has 13 heavy (non-hydrogen) atoms. The Labute approximate surface area is 78.3 Å². The molecule has 1 atom stereocenters. The van der Waals surface area contributed by atoms with Crippen LogP contribution in [0, 0.1) is 0 Å².